The van der Waals surface area contributed by atoms with Gasteiger partial charge in [0.2, 0.25) is 5.90 Å². The van der Waals surface area contributed by atoms with E-state index in [0.717, 1.165) is 12.1 Å². The molecule has 15 heavy (non-hydrogen) atoms. The molecule has 0 aromatic heterocycles. The first-order valence-corrected chi connectivity index (χ1v) is 5.00. The first-order valence-electron chi connectivity index (χ1n) is 5.00. The number of ether oxygens (including phenoxy) is 1. The Morgan fingerprint density at radius 1 is 1.20 bits per heavy atom. The summed E-state index contributed by atoms with van der Waals surface area (Å²) in [7, 11) is 1.66. The fourth-order valence-corrected chi connectivity index (χ4v) is 2.06. The Hall–Kier alpha value is -1.83. The monoisotopic (exact) mass is 197 g/mol. The number of hydrogen-bond acceptors (Lipinski definition) is 2. The fourth-order valence-electron chi connectivity index (χ4n) is 2.06. The summed E-state index contributed by atoms with van der Waals surface area (Å²) >= 11 is 0. The second-order valence-corrected chi connectivity index (χ2v) is 3.72. The Kier molecular flexibility index (Phi) is 1.75. The summed E-state index contributed by atoms with van der Waals surface area (Å²) < 4.78 is 5.18. The topological polar surface area (TPSA) is 21.6 Å². The fraction of sp³-hybridized carbons (Fsp3) is 0.154. The smallest absolute Gasteiger partial charge is 0.213 e. The maximum absolute atomic E-state index is 5.18. The molecule has 0 N–H and O–H groups in total. The summed E-state index contributed by atoms with van der Waals surface area (Å²) in [4.78, 5) is 4.40. The van der Waals surface area contributed by atoms with E-state index in [9.17, 15) is 0 Å². The van der Waals surface area contributed by atoms with Crippen molar-refractivity contribution in [2.75, 3.05) is 7.11 Å². The van der Waals surface area contributed by atoms with Gasteiger partial charge < -0.3 is 4.74 Å². The molecular formula is C13H11NO. The quantitative estimate of drug-likeness (QED) is 0.626. The zero-order chi connectivity index (χ0) is 10.3. The summed E-state index contributed by atoms with van der Waals surface area (Å²) in [6.45, 7) is 0. The van der Waals surface area contributed by atoms with Gasteiger partial charge in [0.25, 0.3) is 0 Å². The van der Waals surface area contributed by atoms with Crippen LogP contribution in [-0.2, 0) is 4.74 Å². The Balaban J connectivity index is 2.21. The van der Waals surface area contributed by atoms with Crippen LogP contribution in [0.5, 0.6) is 0 Å². The molecule has 2 heteroatoms. The van der Waals surface area contributed by atoms with Gasteiger partial charge in [0, 0.05) is 18.2 Å². The van der Waals surface area contributed by atoms with Gasteiger partial charge in [-0.05, 0) is 22.8 Å². The van der Waals surface area contributed by atoms with Crippen LogP contribution in [0.15, 0.2) is 41.0 Å². The van der Waals surface area contributed by atoms with E-state index in [2.05, 4.69) is 35.3 Å². The van der Waals surface area contributed by atoms with Gasteiger partial charge in [0.1, 0.15) is 0 Å². The minimum atomic E-state index is 0.706. The largest absolute Gasteiger partial charge is 0.481 e. The first kappa shape index (κ1) is 8.48. The van der Waals surface area contributed by atoms with Crippen molar-refractivity contribution in [2.24, 2.45) is 4.99 Å². The van der Waals surface area contributed by atoms with E-state index < -0.39 is 0 Å². The second-order valence-electron chi connectivity index (χ2n) is 3.72. The van der Waals surface area contributed by atoms with Crippen molar-refractivity contribution >= 4 is 17.5 Å². The van der Waals surface area contributed by atoms with Crippen LogP contribution in [0.25, 0.3) is 11.6 Å². The third-order valence-corrected chi connectivity index (χ3v) is 2.76. The number of allylic oxidation sites excluding steroid dienone is 1. The molecule has 0 saturated carbocycles. The second kappa shape index (κ2) is 3.09. The average molecular weight is 197 g/mol. The highest BCUT2D eigenvalue weighted by Crippen LogP contribution is 2.35. The summed E-state index contributed by atoms with van der Waals surface area (Å²) in [5, 5.41) is 0. The number of nitrogens with zero attached hydrogens (tertiary/aromatic N) is 1. The molecular weight excluding hydrogens is 186 g/mol. The zero-order valence-electron chi connectivity index (χ0n) is 8.53. The molecule has 1 aliphatic heterocycles. The van der Waals surface area contributed by atoms with Crippen LogP contribution in [0.2, 0.25) is 0 Å². The van der Waals surface area contributed by atoms with E-state index in [0.29, 0.717) is 5.90 Å². The normalized spacial score (nSPS) is 17.3. The maximum atomic E-state index is 5.18. The average Bonchev–Trinajstić information content (AvgIpc) is 2.28. The number of rotatable bonds is 0. The van der Waals surface area contributed by atoms with Crippen molar-refractivity contribution in [2.45, 2.75) is 6.42 Å². The molecule has 2 bridgehead atoms. The summed E-state index contributed by atoms with van der Waals surface area (Å²) in [6.07, 6.45) is 5.07. The molecule has 1 heterocycles. The van der Waals surface area contributed by atoms with E-state index >= 15 is 0 Å². The van der Waals surface area contributed by atoms with E-state index in [1.807, 2.05) is 6.08 Å². The lowest BCUT2D eigenvalue weighted by Gasteiger charge is -2.21. The predicted octanol–water partition coefficient (Wildman–Crippen LogP) is 2.87. The summed E-state index contributed by atoms with van der Waals surface area (Å²) in [6, 6.07) is 8.39. The van der Waals surface area contributed by atoms with Gasteiger partial charge in [0.05, 0.1) is 7.11 Å². The molecule has 0 fully saturated rings. The Labute approximate surface area is 88.6 Å². The molecule has 74 valence electrons. The highest BCUT2D eigenvalue weighted by Gasteiger charge is 2.19. The van der Waals surface area contributed by atoms with Gasteiger partial charge in [-0.15, -0.1) is 0 Å². The number of aliphatic imine (C=N–C) groups is 1. The van der Waals surface area contributed by atoms with Gasteiger partial charge in [-0.1, -0.05) is 24.3 Å². The molecule has 3 rings (SSSR count). The molecule has 0 amide bonds. The maximum Gasteiger partial charge on any atom is 0.213 e. The Morgan fingerprint density at radius 3 is 2.93 bits per heavy atom. The van der Waals surface area contributed by atoms with Gasteiger partial charge in [-0.3, -0.25) is 0 Å². The third kappa shape index (κ3) is 1.30. The highest BCUT2D eigenvalue weighted by atomic mass is 16.5. The van der Waals surface area contributed by atoms with Crippen molar-refractivity contribution in [1.82, 2.24) is 0 Å². The molecule has 1 aromatic rings. The van der Waals surface area contributed by atoms with E-state index in [1.165, 1.54) is 16.7 Å². The minimum Gasteiger partial charge on any atom is -0.481 e. The molecule has 1 aromatic carbocycles. The number of dihydropyridines is 1. The van der Waals surface area contributed by atoms with Gasteiger partial charge in [-0.2, -0.15) is 0 Å². The van der Waals surface area contributed by atoms with Gasteiger partial charge in [0.15, 0.2) is 0 Å². The van der Waals surface area contributed by atoms with Gasteiger partial charge in [-0.25, -0.2) is 4.99 Å². The Bertz CT molecular complexity index is 509. The molecule has 0 saturated heterocycles. The molecule has 0 radical (unpaired) electrons. The van der Waals surface area contributed by atoms with Crippen LogP contribution < -0.4 is 0 Å². The highest BCUT2D eigenvalue weighted by molar-refractivity contribution is 6.01. The van der Waals surface area contributed by atoms with Crippen LogP contribution in [0, 0.1) is 0 Å². The molecule has 0 spiro atoms. The van der Waals surface area contributed by atoms with Crippen molar-refractivity contribution in [3.05, 3.63) is 47.2 Å². The van der Waals surface area contributed by atoms with E-state index in [4.69, 9.17) is 4.74 Å². The summed E-state index contributed by atoms with van der Waals surface area (Å²) in [5.41, 5.74) is 4.94. The predicted molar refractivity (Wildman–Crippen MR) is 61.5 cm³/mol. The Morgan fingerprint density at radius 2 is 2.07 bits per heavy atom. The van der Waals surface area contributed by atoms with Crippen molar-refractivity contribution in [1.29, 1.82) is 0 Å². The van der Waals surface area contributed by atoms with Crippen LogP contribution in [0.1, 0.15) is 17.5 Å². The number of fused-ring (bicyclic) bond motifs is 4. The van der Waals surface area contributed by atoms with E-state index in [-0.39, 0.29) is 0 Å². The lowest BCUT2D eigenvalue weighted by Crippen LogP contribution is -2.08. The zero-order valence-corrected chi connectivity index (χ0v) is 8.53. The lowest BCUT2D eigenvalue weighted by molar-refractivity contribution is 0.405. The van der Waals surface area contributed by atoms with Crippen LogP contribution in [0.4, 0.5) is 0 Å². The standard InChI is InChI=1S/C13H11NO/c1-15-13-8-10-7-11(14-13)6-9-4-2-3-5-12(9)10/h2-6,8H,7H2,1H3. The van der Waals surface area contributed by atoms with Crippen molar-refractivity contribution in [3.63, 3.8) is 0 Å². The number of benzene rings is 1. The lowest BCUT2D eigenvalue weighted by atomic mass is 9.89. The third-order valence-electron chi connectivity index (χ3n) is 2.76. The number of methoxy groups -OCH3 is 1. The van der Waals surface area contributed by atoms with Crippen molar-refractivity contribution in [3.8, 4) is 0 Å². The molecule has 1 aliphatic carbocycles. The number of hydrogen-bond donors (Lipinski definition) is 0. The molecule has 0 atom stereocenters. The summed E-state index contributed by atoms with van der Waals surface area (Å²) in [5.74, 6) is 0.706. The minimum absolute atomic E-state index is 0.706. The molecule has 2 aliphatic rings. The molecule has 2 nitrogen and oxygen atoms in total. The van der Waals surface area contributed by atoms with Crippen LogP contribution in [-0.4, -0.2) is 13.0 Å². The SMILES string of the molecule is COC1=NC2=Cc3ccccc3C(=C1)C2. The first-order chi connectivity index (χ1) is 7.36. The van der Waals surface area contributed by atoms with Crippen molar-refractivity contribution < 1.29 is 4.74 Å². The van der Waals surface area contributed by atoms with E-state index in [1.54, 1.807) is 7.11 Å². The van der Waals surface area contributed by atoms with Gasteiger partial charge >= 0.3 is 0 Å². The van der Waals surface area contributed by atoms with Crippen LogP contribution in [0.3, 0.4) is 0 Å². The molecule has 0 unspecified atom stereocenters. The van der Waals surface area contributed by atoms with Crippen LogP contribution >= 0.6 is 0 Å².